The van der Waals surface area contributed by atoms with Gasteiger partial charge in [0, 0.05) is 23.9 Å². The second-order valence-electron chi connectivity index (χ2n) is 14.2. The zero-order valence-corrected chi connectivity index (χ0v) is 32.0. The van der Waals surface area contributed by atoms with E-state index in [1.807, 2.05) is 24.3 Å². The molecule has 274 valence electrons. The highest BCUT2D eigenvalue weighted by Gasteiger charge is 2.42. The number of nitrogens with one attached hydrogen (secondary N) is 1. The van der Waals surface area contributed by atoms with E-state index in [1.54, 1.807) is 14.2 Å². The van der Waals surface area contributed by atoms with Crippen LogP contribution in [-0.2, 0) is 29.5 Å². The van der Waals surface area contributed by atoms with Crippen LogP contribution in [0.4, 0.5) is 0 Å². The minimum Gasteiger partial charge on any atom is -0.497 e. The van der Waals surface area contributed by atoms with Crippen LogP contribution < -0.4 is 14.8 Å². The topological polar surface area (TPSA) is 50.8 Å². The highest BCUT2D eigenvalue weighted by molar-refractivity contribution is 5.85. The summed E-state index contributed by atoms with van der Waals surface area (Å²) in [6.45, 7) is 3.00. The highest BCUT2D eigenvalue weighted by atomic mass is 35.5. The summed E-state index contributed by atoms with van der Waals surface area (Å²) in [5, 5.41) is 3.23. The molecular weight excluding hydrogens is 675 g/mol. The summed E-state index contributed by atoms with van der Waals surface area (Å²) in [5.74, 6) is 1.93. The maximum Gasteiger partial charge on any atom is 0.220 e. The zero-order valence-electron chi connectivity index (χ0n) is 30.4. The number of ether oxygens (including phenoxy) is 2. The molecule has 1 unspecified atom stereocenters. The number of hydrogen-bond acceptors (Lipinski definition) is 4. The average Bonchev–Trinajstić information content (AvgIpc) is 3.16. The molecule has 1 aliphatic heterocycles. The smallest absolute Gasteiger partial charge is 0.220 e. The van der Waals surface area contributed by atoms with Gasteiger partial charge in [0.15, 0.2) is 0 Å². The van der Waals surface area contributed by atoms with Crippen LogP contribution in [0.25, 0.3) is 0 Å². The Morgan fingerprint density at radius 2 is 1.41 bits per heavy atom. The molecule has 6 rings (SSSR count). The number of fused-ring (bicyclic) bond motifs is 1. The fourth-order valence-corrected chi connectivity index (χ4v) is 8.64. The molecule has 4 aromatic carbocycles. The summed E-state index contributed by atoms with van der Waals surface area (Å²) in [6.07, 6.45) is 12.8. The number of nitrogens with zero attached hydrogens (tertiary/aromatic N) is 1. The van der Waals surface area contributed by atoms with E-state index < -0.39 is 0 Å². The molecule has 1 spiro atoms. The van der Waals surface area contributed by atoms with Crippen LogP contribution in [0.1, 0.15) is 85.6 Å². The molecule has 1 fully saturated rings. The predicted molar refractivity (Wildman–Crippen MR) is 214 cm³/mol. The van der Waals surface area contributed by atoms with E-state index in [1.165, 1.54) is 54.5 Å². The number of rotatable bonds is 15. The van der Waals surface area contributed by atoms with Gasteiger partial charge in [0.05, 0.1) is 14.2 Å². The third kappa shape index (κ3) is 9.88. The van der Waals surface area contributed by atoms with Crippen molar-refractivity contribution in [2.45, 2.75) is 88.0 Å². The Balaban J connectivity index is 0.00000292. The van der Waals surface area contributed by atoms with Gasteiger partial charge in [-0.15, -0.1) is 24.8 Å². The number of hydrogen-bond donors (Lipinski definition) is 1. The number of carbonyl (C=O) groups is 1. The fourth-order valence-electron chi connectivity index (χ4n) is 8.64. The lowest BCUT2D eigenvalue weighted by Gasteiger charge is -2.50. The molecule has 2 aliphatic rings. The summed E-state index contributed by atoms with van der Waals surface area (Å²) in [5.41, 5.74) is 7.02. The van der Waals surface area contributed by atoms with E-state index in [0.29, 0.717) is 13.0 Å². The standard InChI is InChI=1S/C44H54N2O3.2ClH/c1-48-40-21-17-35(18-22-40)19-24-42(47)45-30-11-27-44(38-13-5-3-6-14-38,39-15-7-4-8-16-39)28-12-32-46-31-10-9-26-43(46)29-25-36-33-41(49-2)23-20-37(36)34-43;;/h3-8,13-18,20-23,33H,9-12,19,24-32,34H2,1-2H3,(H,45,47);2*1H. The van der Waals surface area contributed by atoms with Crippen molar-refractivity contribution >= 4 is 30.7 Å². The molecule has 7 heteroatoms. The summed E-state index contributed by atoms with van der Waals surface area (Å²) in [6, 6.07) is 36.9. The normalized spacial score (nSPS) is 17.1. The van der Waals surface area contributed by atoms with Gasteiger partial charge in [-0.1, -0.05) is 85.3 Å². The molecule has 1 saturated heterocycles. The van der Waals surface area contributed by atoms with Crippen molar-refractivity contribution < 1.29 is 14.3 Å². The van der Waals surface area contributed by atoms with Gasteiger partial charge in [-0.05, 0) is 129 Å². The lowest BCUT2D eigenvalue weighted by atomic mass is 9.68. The summed E-state index contributed by atoms with van der Waals surface area (Å²) >= 11 is 0. The minimum absolute atomic E-state index is 0. The first kappa shape index (κ1) is 40.3. The average molecular weight is 732 g/mol. The van der Waals surface area contributed by atoms with Crippen LogP contribution in [-0.4, -0.2) is 50.2 Å². The maximum atomic E-state index is 12.9. The third-order valence-corrected chi connectivity index (χ3v) is 11.4. The lowest BCUT2D eigenvalue weighted by molar-refractivity contribution is -0.121. The van der Waals surface area contributed by atoms with Crippen molar-refractivity contribution in [1.29, 1.82) is 0 Å². The van der Waals surface area contributed by atoms with Gasteiger partial charge < -0.3 is 14.8 Å². The molecule has 1 N–H and O–H groups in total. The Kier molecular flexibility index (Phi) is 15.3. The van der Waals surface area contributed by atoms with Crippen LogP contribution in [0, 0.1) is 0 Å². The monoisotopic (exact) mass is 730 g/mol. The van der Waals surface area contributed by atoms with Crippen molar-refractivity contribution in [2.75, 3.05) is 33.9 Å². The number of halogens is 2. The van der Waals surface area contributed by atoms with Gasteiger partial charge in [0.2, 0.25) is 5.91 Å². The molecule has 0 saturated carbocycles. The SMILES string of the molecule is COc1ccc(CCC(=O)NCCCC(CCCN2CCCCC23CCc2cc(OC)ccc2C3)(c2ccccc2)c2ccccc2)cc1.Cl.Cl. The second kappa shape index (κ2) is 19.4. The number of amides is 1. The molecule has 5 nitrogen and oxygen atoms in total. The Labute approximate surface area is 318 Å². The van der Waals surface area contributed by atoms with E-state index in [0.717, 1.165) is 68.6 Å². The number of benzene rings is 4. The van der Waals surface area contributed by atoms with E-state index in [-0.39, 0.29) is 41.7 Å². The molecule has 1 amide bonds. The fraction of sp³-hybridized carbons (Fsp3) is 0.432. The van der Waals surface area contributed by atoms with Crippen LogP contribution >= 0.6 is 24.8 Å². The number of carbonyl (C=O) groups excluding carboxylic acids is 1. The molecule has 0 bridgehead atoms. The Bertz CT molecular complexity index is 1590. The summed E-state index contributed by atoms with van der Waals surface area (Å²) in [7, 11) is 3.44. The van der Waals surface area contributed by atoms with E-state index >= 15 is 0 Å². The van der Waals surface area contributed by atoms with Crippen molar-refractivity contribution in [3.63, 3.8) is 0 Å². The zero-order chi connectivity index (χ0) is 33.9. The first-order valence-electron chi connectivity index (χ1n) is 18.5. The number of aryl methyl sites for hydroxylation is 2. The van der Waals surface area contributed by atoms with Crippen molar-refractivity contribution in [1.82, 2.24) is 10.2 Å². The molecule has 1 heterocycles. The summed E-state index contributed by atoms with van der Waals surface area (Å²) < 4.78 is 10.8. The first-order chi connectivity index (χ1) is 24.0. The third-order valence-electron chi connectivity index (χ3n) is 11.4. The van der Waals surface area contributed by atoms with Gasteiger partial charge in [-0.2, -0.15) is 0 Å². The molecule has 0 radical (unpaired) electrons. The van der Waals surface area contributed by atoms with E-state index in [4.69, 9.17) is 9.47 Å². The minimum atomic E-state index is -0.116. The molecule has 51 heavy (non-hydrogen) atoms. The van der Waals surface area contributed by atoms with Crippen LogP contribution in [0.2, 0.25) is 0 Å². The highest BCUT2D eigenvalue weighted by Crippen LogP contribution is 2.44. The Morgan fingerprint density at radius 3 is 2.08 bits per heavy atom. The van der Waals surface area contributed by atoms with E-state index in [2.05, 4.69) is 89.1 Å². The van der Waals surface area contributed by atoms with Gasteiger partial charge in [-0.3, -0.25) is 9.69 Å². The number of piperidine rings is 1. The van der Waals surface area contributed by atoms with Crippen molar-refractivity contribution in [3.05, 3.63) is 131 Å². The predicted octanol–water partition coefficient (Wildman–Crippen LogP) is 9.56. The summed E-state index contributed by atoms with van der Waals surface area (Å²) in [4.78, 5) is 15.7. The number of likely N-dealkylation sites (tertiary alicyclic amines) is 1. The second-order valence-corrected chi connectivity index (χ2v) is 14.2. The first-order valence-corrected chi connectivity index (χ1v) is 18.5. The lowest BCUT2D eigenvalue weighted by Crippen LogP contribution is -2.55. The molecule has 4 aromatic rings. The van der Waals surface area contributed by atoms with Crippen molar-refractivity contribution in [2.24, 2.45) is 0 Å². The van der Waals surface area contributed by atoms with Crippen molar-refractivity contribution in [3.8, 4) is 11.5 Å². The number of methoxy groups -OCH3 is 2. The Morgan fingerprint density at radius 1 is 0.765 bits per heavy atom. The van der Waals surface area contributed by atoms with Crippen LogP contribution in [0.3, 0.4) is 0 Å². The van der Waals surface area contributed by atoms with Gasteiger partial charge in [-0.25, -0.2) is 0 Å². The maximum absolute atomic E-state index is 12.9. The molecule has 1 aliphatic carbocycles. The van der Waals surface area contributed by atoms with E-state index in [9.17, 15) is 4.79 Å². The van der Waals surface area contributed by atoms with Crippen LogP contribution in [0.15, 0.2) is 103 Å². The van der Waals surface area contributed by atoms with Gasteiger partial charge in [0.25, 0.3) is 0 Å². The Hall–Kier alpha value is -3.51. The van der Waals surface area contributed by atoms with Gasteiger partial charge in [0.1, 0.15) is 11.5 Å². The largest absolute Gasteiger partial charge is 0.497 e. The molecule has 1 atom stereocenters. The quantitative estimate of drug-likeness (QED) is 0.124. The molecular formula is C44H56Cl2N2O3. The van der Waals surface area contributed by atoms with Gasteiger partial charge >= 0.3 is 0 Å². The molecule has 0 aromatic heterocycles. The van der Waals surface area contributed by atoms with Crippen LogP contribution in [0.5, 0.6) is 11.5 Å².